The van der Waals surface area contributed by atoms with Crippen molar-refractivity contribution in [1.82, 2.24) is 0 Å². The standard InChI is InChI=1S/C11H15F2NO.ClH/c1-8(14)9-4-3-5-10(6-9)11(12,13)7-15-2;/h3-6,8H,7,14H2,1-2H3;1H. The minimum Gasteiger partial charge on any atom is -0.378 e. The fourth-order valence-corrected chi connectivity index (χ4v) is 1.31. The van der Waals surface area contributed by atoms with E-state index in [1.807, 2.05) is 0 Å². The summed E-state index contributed by atoms with van der Waals surface area (Å²) < 4.78 is 31.3. The average molecular weight is 252 g/mol. The highest BCUT2D eigenvalue weighted by Gasteiger charge is 2.31. The van der Waals surface area contributed by atoms with Crippen LogP contribution >= 0.6 is 12.4 Å². The van der Waals surface area contributed by atoms with Crippen LogP contribution in [0.2, 0.25) is 0 Å². The van der Waals surface area contributed by atoms with Gasteiger partial charge in [0.25, 0.3) is 5.92 Å². The predicted molar refractivity (Wildman–Crippen MR) is 62.1 cm³/mol. The van der Waals surface area contributed by atoms with E-state index >= 15 is 0 Å². The van der Waals surface area contributed by atoms with Gasteiger partial charge < -0.3 is 10.5 Å². The van der Waals surface area contributed by atoms with E-state index in [2.05, 4.69) is 4.74 Å². The van der Waals surface area contributed by atoms with E-state index in [9.17, 15) is 8.78 Å². The van der Waals surface area contributed by atoms with Crippen molar-refractivity contribution in [2.75, 3.05) is 13.7 Å². The third-order valence-corrected chi connectivity index (χ3v) is 2.16. The Bertz CT molecular complexity index is 332. The molecular weight excluding hydrogens is 236 g/mol. The van der Waals surface area contributed by atoms with Crippen LogP contribution in [0.15, 0.2) is 24.3 Å². The molecule has 0 heterocycles. The minimum absolute atomic E-state index is 0. The van der Waals surface area contributed by atoms with Gasteiger partial charge in [-0.1, -0.05) is 18.2 Å². The number of nitrogens with two attached hydrogens (primary N) is 1. The van der Waals surface area contributed by atoms with Crippen LogP contribution in [0.1, 0.15) is 24.1 Å². The van der Waals surface area contributed by atoms with Crippen molar-refractivity contribution in [3.05, 3.63) is 35.4 Å². The first-order chi connectivity index (χ1) is 6.97. The fourth-order valence-electron chi connectivity index (χ4n) is 1.31. The summed E-state index contributed by atoms with van der Waals surface area (Å²) in [4.78, 5) is 0. The van der Waals surface area contributed by atoms with Gasteiger partial charge in [-0.15, -0.1) is 12.4 Å². The largest absolute Gasteiger partial charge is 0.378 e. The van der Waals surface area contributed by atoms with Crippen LogP contribution in [0.4, 0.5) is 8.78 Å². The number of methoxy groups -OCH3 is 1. The average Bonchev–Trinajstić information content (AvgIpc) is 2.18. The SMILES string of the molecule is COCC(F)(F)c1cccc(C(C)N)c1.Cl. The summed E-state index contributed by atoms with van der Waals surface area (Å²) >= 11 is 0. The van der Waals surface area contributed by atoms with Crippen LogP contribution in [0, 0.1) is 0 Å². The Morgan fingerprint density at radius 1 is 1.44 bits per heavy atom. The lowest BCUT2D eigenvalue weighted by Gasteiger charge is -2.17. The van der Waals surface area contributed by atoms with Gasteiger partial charge in [0, 0.05) is 18.7 Å². The van der Waals surface area contributed by atoms with Crippen molar-refractivity contribution < 1.29 is 13.5 Å². The number of alkyl halides is 2. The molecule has 0 bridgehead atoms. The molecule has 16 heavy (non-hydrogen) atoms. The molecule has 1 rings (SSSR count). The van der Waals surface area contributed by atoms with E-state index in [1.165, 1.54) is 19.2 Å². The molecule has 0 saturated carbocycles. The van der Waals surface area contributed by atoms with Crippen molar-refractivity contribution in [2.45, 2.75) is 18.9 Å². The molecule has 92 valence electrons. The molecule has 0 saturated heterocycles. The molecule has 0 aromatic heterocycles. The second-order valence-electron chi connectivity index (χ2n) is 3.55. The van der Waals surface area contributed by atoms with Crippen molar-refractivity contribution in [3.8, 4) is 0 Å². The summed E-state index contributed by atoms with van der Waals surface area (Å²) in [5.74, 6) is -2.96. The van der Waals surface area contributed by atoms with Gasteiger partial charge in [0.05, 0.1) is 0 Å². The summed E-state index contributed by atoms with van der Waals surface area (Å²) in [6, 6.07) is 5.87. The molecule has 0 aliphatic rings. The molecule has 0 fully saturated rings. The Morgan fingerprint density at radius 2 is 2.06 bits per heavy atom. The van der Waals surface area contributed by atoms with Gasteiger partial charge in [-0.05, 0) is 18.6 Å². The molecule has 0 aliphatic heterocycles. The Kier molecular flexibility index (Phi) is 5.86. The second-order valence-corrected chi connectivity index (χ2v) is 3.55. The van der Waals surface area contributed by atoms with Crippen molar-refractivity contribution in [2.24, 2.45) is 5.73 Å². The van der Waals surface area contributed by atoms with Gasteiger partial charge >= 0.3 is 0 Å². The van der Waals surface area contributed by atoms with E-state index in [-0.39, 0.29) is 24.0 Å². The molecule has 1 unspecified atom stereocenters. The first-order valence-electron chi connectivity index (χ1n) is 4.70. The second kappa shape index (κ2) is 6.13. The lowest BCUT2D eigenvalue weighted by atomic mass is 10.0. The van der Waals surface area contributed by atoms with Gasteiger partial charge in [0.2, 0.25) is 0 Å². The Morgan fingerprint density at radius 3 is 2.56 bits per heavy atom. The molecule has 1 atom stereocenters. The summed E-state index contributed by atoms with van der Waals surface area (Å²) in [5, 5.41) is 0. The summed E-state index contributed by atoms with van der Waals surface area (Å²) in [6.07, 6.45) is 0. The normalized spacial score (nSPS) is 13.1. The van der Waals surface area contributed by atoms with Gasteiger partial charge in [-0.2, -0.15) is 8.78 Å². The zero-order valence-corrected chi connectivity index (χ0v) is 10.1. The van der Waals surface area contributed by atoms with Gasteiger partial charge in [-0.25, -0.2) is 0 Å². The third-order valence-electron chi connectivity index (χ3n) is 2.16. The fraction of sp³-hybridized carbons (Fsp3) is 0.455. The third kappa shape index (κ3) is 3.70. The quantitative estimate of drug-likeness (QED) is 0.893. The molecule has 0 amide bonds. The maximum absolute atomic E-state index is 13.4. The minimum atomic E-state index is -2.96. The summed E-state index contributed by atoms with van der Waals surface area (Å²) in [7, 11) is 1.25. The van der Waals surface area contributed by atoms with E-state index in [1.54, 1.807) is 19.1 Å². The van der Waals surface area contributed by atoms with Crippen LogP contribution < -0.4 is 5.73 Å². The van der Waals surface area contributed by atoms with Gasteiger partial charge in [-0.3, -0.25) is 0 Å². The molecule has 0 radical (unpaired) electrons. The van der Waals surface area contributed by atoms with Gasteiger partial charge in [0.1, 0.15) is 6.61 Å². The van der Waals surface area contributed by atoms with Gasteiger partial charge in [0.15, 0.2) is 0 Å². The highest BCUT2D eigenvalue weighted by molar-refractivity contribution is 5.85. The summed E-state index contributed by atoms with van der Waals surface area (Å²) in [5.41, 5.74) is 6.26. The van der Waals surface area contributed by atoms with E-state index in [0.717, 1.165) is 0 Å². The van der Waals surface area contributed by atoms with E-state index in [4.69, 9.17) is 5.73 Å². The molecule has 1 aromatic carbocycles. The topological polar surface area (TPSA) is 35.2 Å². The Labute approximate surface area is 100 Å². The number of halogens is 3. The highest BCUT2D eigenvalue weighted by atomic mass is 35.5. The first kappa shape index (κ1) is 15.3. The predicted octanol–water partition coefficient (Wildman–Crippen LogP) is 2.87. The summed E-state index contributed by atoms with van der Waals surface area (Å²) in [6.45, 7) is 1.14. The molecule has 5 heteroatoms. The smallest absolute Gasteiger partial charge is 0.296 e. The molecular formula is C11H16ClF2NO. The van der Waals surface area contributed by atoms with Crippen LogP contribution in [-0.4, -0.2) is 13.7 Å². The van der Waals surface area contributed by atoms with Crippen molar-refractivity contribution >= 4 is 12.4 Å². The lowest BCUT2D eigenvalue weighted by Crippen LogP contribution is -2.20. The number of benzene rings is 1. The lowest BCUT2D eigenvalue weighted by molar-refractivity contribution is -0.0698. The number of ether oxygens (including phenoxy) is 1. The molecule has 1 aromatic rings. The number of hydrogen-bond donors (Lipinski definition) is 1. The maximum atomic E-state index is 13.4. The van der Waals surface area contributed by atoms with E-state index in [0.29, 0.717) is 5.56 Å². The van der Waals surface area contributed by atoms with E-state index < -0.39 is 12.5 Å². The highest BCUT2D eigenvalue weighted by Crippen LogP contribution is 2.29. The Balaban J connectivity index is 0.00000225. The van der Waals surface area contributed by atoms with Crippen LogP contribution in [-0.2, 0) is 10.7 Å². The van der Waals surface area contributed by atoms with Crippen LogP contribution in [0.25, 0.3) is 0 Å². The number of hydrogen-bond acceptors (Lipinski definition) is 2. The molecule has 0 aliphatic carbocycles. The maximum Gasteiger partial charge on any atom is 0.296 e. The monoisotopic (exact) mass is 251 g/mol. The molecule has 2 nitrogen and oxygen atoms in total. The Hall–Kier alpha value is -0.710. The molecule has 2 N–H and O–H groups in total. The van der Waals surface area contributed by atoms with Crippen LogP contribution in [0.5, 0.6) is 0 Å². The van der Waals surface area contributed by atoms with Crippen molar-refractivity contribution in [1.29, 1.82) is 0 Å². The molecule has 0 spiro atoms. The van der Waals surface area contributed by atoms with Crippen molar-refractivity contribution in [3.63, 3.8) is 0 Å². The zero-order valence-electron chi connectivity index (χ0n) is 9.24. The first-order valence-corrected chi connectivity index (χ1v) is 4.70. The zero-order chi connectivity index (χ0) is 11.5. The number of rotatable bonds is 4. The van der Waals surface area contributed by atoms with Crippen LogP contribution in [0.3, 0.4) is 0 Å².